The van der Waals surface area contributed by atoms with Gasteiger partial charge < -0.3 is 4.98 Å². The number of aromatic nitrogens is 3. The van der Waals surface area contributed by atoms with Crippen molar-refractivity contribution in [1.82, 2.24) is 15.0 Å². The molecule has 20 heavy (non-hydrogen) atoms. The lowest BCUT2D eigenvalue weighted by molar-refractivity contribution is -0.191. The van der Waals surface area contributed by atoms with E-state index in [-0.39, 0.29) is 6.15 Å². The molecule has 5 nitrogen and oxygen atoms in total. The van der Waals surface area contributed by atoms with Crippen molar-refractivity contribution < 1.29 is 9.59 Å². The van der Waals surface area contributed by atoms with Gasteiger partial charge in [0, 0.05) is 35.3 Å². The highest BCUT2D eigenvalue weighted by atomic mass is 32.1. The monoisotopic (exact) mass is 287 g/mol. The zero-order valence-electron chi connectivity index (χ0n) is 10.9. The highest BCUT2D eigenvalue weighted by Gasteiger charge is 2.02. The molecule has 0 saturated carbocycles. The SMILES string of the molecule is Cc1cc2cc(CCc3nccs3)cnc2[nH]1.O=C=O. The molecule has 6 heteroatoms. The number of nitrogens with zero attached hydrogens (tertiary/aromatic N) is 2. The van der Waals surface area contributed by atoms with E-state index < -0.39 is 0 Å². The summed E-state index contributed by atoms with van der Waals surface area (Å²) in [5, 5.41) is 4.40. The van der Waals surface area contributed by atoms with Gasteiger partial charge in [-0.2, -0.15) is 9.59 Å². The van der Waals surface area contributed by atoms with Crippen LogP contribution in [0.1, 0.15) is 16.3 Å². The van der Waals surface area contributed by atoms with Gasteiger partial charge in [-0.05, 0) is 31.0 Å². The lowest BCUT2D eigenvalue weighted by atomic mass is 10.1. The molecule has 3 rings (SSSR count). The summed E-state index contributed by atoms with van der Waals surface area (Å²) < 4.78 is 0. The molecule has 0 saturated heterocycles. The fourth-order valence-corrected chi connectivity index (χ4v) is 2.58. The average molecular weight is 287 g/mol. The molecule has 0 aromatic carbocycles. The molecule has 3 aromatic rings. The van der Waals surface area contributed by atoms with Crippen LogP contribution in [0.25, 0.3) is 11.0 Å². The number of thiazole rings is 1. The Kier molecular flexibility index (Phi) is 4.76. The molecule has 0 unspecified atom stereocenters. The summed E-state index contributed by atoms with van der Waals surface area (Å²) in [6, 6.07) is 4.34. The van der Waals surface area contributed by atoms with Crippen molar-refractivity contribution in [3.05, 3.63) is 46.2 Å². The first-order chi connectivity index (χ1) is 9.72. The fourth-order valence-electron chi connectivity index (χ4n) is 1.96. The van der Waals surface area contributed by atoms with Crippen molar-refractivity contribution in [3.63, 3.8) is 0 Å². The van der Waals surface area contributed by atoms with Crippen LogP contribution in [0, 0.1) is 6.92 Å². The second-order valence-corrected chi connectivity index (χ2v) is 5.22. The van der Waals surface area contributed by atoms with E-state index in [1.807, 2.05) is 17.8 Å². The second-order valence-electron chi connectivity index (χ2n) is 4.24. The maximum absolute atomic E-state index is 8.12. The van der Waals surface area contributed by atoms with E-state index in [1.165, 1.54) is 16.0 Å². The Labute approximate surface area is 119 Å². The van der Waals surface area contributed by atoms with Crippen LogP contribution >= 0.6 is 11.3 Å². The minimum absolute atomic E-state index is 0.250. The van der Waals surface area contributed by atoms with Crippen molar-refractivity contribution in [2.24, 2.45) is 0 Å². The molecule has 0 aliphatic rings. The Morgan fingerprint density at radius 2 is 2.05 bits per heavy atom. The molecule has 0 bridgehead atoms. The third kappa shape index (κ3) is 3.60. The predicted octanol–water partition coefficient (Wildman–Crippen LogP) is 2.53. The number of aromatic amines is 1. The largest absolute Gasteiger partial charge is 0.373 e. The molecule has 0 spiro atoms. The third-order valence-corrected chi connectivity index (χ3v) is 3.61. The van der Waals surface area contributed by atoms with Crippen LogP contribution < -0.4 is 0 Å². The number of rotatable bonds is 3. The number of nitrogens with one attached hydrogen (secondary N) is 1. The van der Waals surface area contributed by atoms with Gasteiger partial charge in [-0.1, -0.05) is 0 Å². The Hall–Kier alpha value is -2.30. The van der Waals surface area contributed by atoms with Crippen molar-refractivity contribution in [1.29, 1.82) is 0 Å². The van der Waals surface area contributed by atoms with Gasteiger partial charge in [-0.3, -0.25) is 0 Å². The highest BCUT2D eigenvalue weighted by Crippen LogP contribution is 2.16. The van der Waals surface area contributed by atoms with Gasteiger partial charge >= 0.3 is 6.15 Å². The third-order valence-electron chi connectivity index (χ3n) is 2.77. The van der Waals surface area contributed by atoms with Crippen molar-refractivity contribution in [2.45, 2.75) is 19.8 Å². The quantitative estimate of drug-likeness (QED) is 0.803. The lowest BCUT2D eigenvalue weighted by Crippen LogP contribution is -1.91. The molecule has 0 fully saturated rings. The summed E-state index contributed by atoms with van der Waals surface area (Å²) in [4.78, 5) is 28.2. The Morgan fingerprint density at radius 1 is 1.25 bits per heavy atom. The van der Waals surface area contributed by atoms with Crippen LogP contribution in [0.2, 0.25) is 0 Å². The number of carbonyl (C=O) groups excluding carboxylic acids is 2. The number of hydrogen-bond acceptors (Lipinski definition) is 5. The van der Waals surface area contributed by atoms with Crippen molar-refractivity contribution in [2.75, 3.05) is 0 Å². The maximum Gasteiger partial charge on any atom is 0.373 e. The minimum Gasteiger partial charge on any atom is -0.344 e. The highest BCUT2D eigenvalue weighted by molar-refractivity contribution is 7.09. The standard InChI is InChI=1S/C13H13N3S.CO2/c1-9-6-11-7-10(8-15-13(11)16-9)2-3-12-14-4-5-17-12;2-1-3/h4-8H,2-3H2,1H3,(H,15,16);. The van der Waals surface area contributed by atoms with Gasteiger partial charge in [0.15, 0.2) is 0 Å². The summed E-state index contributed by atoms with van der Waals surface area (Å²) in [7, 11) is 0. The van der Waals surface area contributed by atoms with Gasteiger partial charge in [0.1, 0.15) is 5.65 Å². The fraction of sp³-hybridized carbons (Fsp3) is 0.214. The zero-order valence-corrected chi connectivity index (χ0v) is 11.7. The molecule has 0 radical (unpaired) electrons. The number of fused-ring (bicyclic) bond motifs is 1. The summed E-state index contributed by atoms with van der Waals surface area (Å²) in [5.74, 6) is 0. The molecular formula is C14H13N3O2S. The van der Waals surface area contributed by atoms with Crippen molar-refractivity contribution in [3.8, 4) is 0 Å². The Morgan fingerprint density at radius 3 is 2.75 bits per heavy atom. The van der Waals surface area contributed by atoms with Gasteiger partial charge in [-0.25, -0.2) is 9.97 Å². The molecule has 0 aliphatic heterocycles. The van der Waals surface area contributed by atoms with Crippen LogP contribution in [-0.4, -0.2) is 21.1 Å². The number of H-pyrrole nitrogens is 1. The number of hydrogen-bond donors (Lipinski definition) is 1. The first-order valence-corrected chi connectivity index (χ1v) is 6.93. The average Bonchev–Trinajstić information content (AvgIpc) is 3.04. The van der Waals surface area contributed by atoms with E-state index in [2.05, 4.69) is 34.0 Å². The molecule has 1 N–H and O–H groups in total. The normalized spacial score (nSPS) is 9.85. The van der Waals surface area contributed by atoms with Crippen LogP contribution in [0.3, 0.4) is 0 Å². The zero-order chi connectivity index (χ0) is 14.4. The minimum atomic E-state index is 0.250. The topological polar surface area (TPSA) is 75.7 Å². The molecular weight excluding hydrogens is 274 g/mol. The van der Waals surface area contributed by atoms with Crippen molar-refractivity contribution >= 4 is 28.5 Å². The van der Waals surface area contributed by atoms with Gasteiger partial charge in [0.05, 0.1) is 5.01 Å². The van der Waals surface area contributed by atoms with E-state index >= 15 is 0 Å². The first-order valence-electron chi connectivity index (χ1n) is 6.05. The van der Waals surface area contributed by atoms with Crippen LogP contribution in [0.4, 0.5) is 0 Å². The number of pyridine rings is 1. The molecule has 3 heterocycles. The molecule has 0 aliphatic carbocycles. The van der Waals surface area contributed by atoms with E-state index in [4.69, 9.17) is 9.59 Å². The van der Waals surface area contributed by atoms with Gasteiger partial charge in [0.25, 0.3) is 0 Å². The molecule has 3 aromatic heterocycles. The maximum atomic E-state index is 8.12. The summed E-state index contributed by atoms with van der Waals surface area (Å²) in [6.07, 6.45) is 6.05. The predicted molar refractivity (Wildman–Crippen MR) is 75.4 cm³/mol. The molecule has 0 amide bonds. The second kappa shape index (κ2) is 6.75. The Balaban J connectivity index is 0.000000452. The Bertz CT molecular complexity index is 713. The van der Waals surface area contributed by atoms with E-state index in [1.54, 1.807) is 11.3 Å². The van der Waals surface area contributed by atoms with E-state index in [0.717, 1.165) is 24.2 Å². The number of aryl methyl sites for hydroxylation is 3. The summed E-state index contributed by atoms with van der Waals surface area (Å²) in [5.41, 5.74) is 3.40. The first kappa shape index (κ1) is 14.1. The smallest absolute Gasteiger partial charge is 0.344 e. The van der Waals surface area contributed by atoms with Crippen LogP contribution in [0.5, 0.6) is 0 Å². The van der Waals surface area contributed by atoms with Gasteiger partial charge in [0.2, 0.25) is 0 Å². The molecule has 0 atom stereocenters. The summed E-state index contributed by atoms with van der Waals surface area (Å²) in [6.45, 7) is 2.05. The van der Waals surface area contributed by atoms with Gasteiger partial charge in [-0.15, -0.1) is 11.3 Å². The van der Waals surface area contributed by atoms with E-state index in [0.29, 0.717) is 0 Å². The molecule has 102 valence electrons. The van der Waals surface area contributed by atoms with E-state index in [9.17, 15) is 0 Å². The van der Waals surface area contributed by atoms with Crippen LogP contribution in [-0.2, 0) is 22.4 Å². The van der Waals surface area contributed by atoms with Crippen LogP contribution in [0.15, 0.2) is 29.9 Å². The lowest BCUT2D eigenvalue weighted by Gasteiger charge is -1.98. The summed E-state index contributed by atoms with van der Waals surface area (Å²) >= 11 is 1.71.